The van der Waals surface area contributed by atoms with Crippen LogP contribution >= 0.6 is 0 Å². The number of carbonyl (C=O) groups excluding carboxylic acids is 1. The fourth-order valence-corrected chi connectivity index (χ4v) is 3.44. The van der Waals surface area contributed by atoms with Gasteiger partial charge < -0.3 is 15.7 Å². The third-order valence-electron chi connectivity index (χ3n) is 5.33. The number of rotatable bonds is 6. The standard InChI is InChI=1S/C19H21F3N4O2/c20-19(21,22)17(9-27)25-13-4-14(5-13)26-18(28)12-3-11-7-23-15(10-1-2-10)6-16(11)24-8-12/h3,6-8,10,13-14,17,25,27H,1-2,4-5,9H2,(H,26,28). The van der Waals surface area contributed by atoms with Crippen molar-refractivity contribution in [3.63, 3.8) is 0 Å². The number of aliphatic hydroxyl groups excluding tert-OH is 1. The summed E-state index contributed by atoms with van der Waals surface area (Å²) in [6, 6.07) is 1.15. The lowest BCUT2D eigenvalue weighted by Crippen LogP contribution is -2.58. The van der Waals surface area contributed by atoms with Crippen LogP contribution in [0.4, 0.5) is 13.2 Å². The van der Waals surface area contributed by atoms with Gasteiger partial charge in [-0.25, -0.2) is 0 Å². The molecule has 0 bridgehead atoms. The normalized spacial score (nSPS) is 23.3. The van der Waals surface area contributed by atoms with E-state index in [2.05, 4.69) is 20.6 Å². The Morgan fingerprint density at radius 1 is 1.18 bits per heavy atom. The molecule has 1 atom stereocenters. The van der Waals surface area contributed by atoms with E-state index in [0.29, 0.717) is 24.3 Å². The first-order valence-corrected chi connectivity index (χ1v) is 9.33. The van der Waals surface area contributed by atoms with Gasteiger partial charge in [0.1, 0.15) is 6.04 Å². The molecule has 2 heterocycles. The molecule has 0 radical (unpaired) electrons. The predicted octanol–water partition coefficient (Wildman–Crippen LogP) is 2.28. The lowest BCUT2D eigenvalue weighted by molar-refractivity contribution is -0.167. The zero-order chi connectivity index (χ0) is 19.9. The van der Waals surface area contributed by atoms with Gasteiger partial charge in [-0.3, -0.25) is 14.8 Å². The number of hydrogen-bond acceptors (Lipinski definition) is 5. The maximum atomic E-state index is 12.7. The van der Waals surface area contributed by atoms with Gasteiger partial charge in [0.15, 0.2) is 0 Å². The van der Waals surface area contributed by atoms with Gasteiger partial charge in [0, 0.05) is 41.5 Å². The first-order valence-electron chi connectivity index (χ1n) is 9.33. The summed E-state index contributed by atoms with van der Waals surface area (Å²) in [5.74, 6) is 0.218. The van der Waals surface area contributed by atoms with Crippen molar-refractivity contribution >= 4 is 16.8 Å². The van der Waals surface area contributed by atoms with E-state index in [4.69, 9.17) is 5.11 Å². The van der Waals surface area contributed by atoms with Gasteiger partial charge in [-0.1, -0.05) is 0 Å². The summed E-state index contributed by atoms with van der Waals surface area (Å²) >= 11 is 0. The van der Waals surface area contributed by atoms with Gasteiger partial charge in [0.05, 0.1) is 17.7 Å². The van der Waals surface area contributed by atoms with Crippen LogP contribution in [-0.2, 0) is 0 Å². The van der Waals surface area contributed by atoms with Gasteiger partial charge in [-0.05, 0) is 37.8 Å². The number of nitrogens with zero attached hydrogens (tertiary/aromatic N) is 2. The SMILES string of the molecule is O=C(NC1CC(NC(CO)C(F)(F)F)C1)c1cnc2cc(C3CC3)ncc2c1. The summed E-state index contributed by atoms with van der Waals surface area (Å²) in [6.45, 7) is -1.00. The fraction of sp³-hybridized carbons (Fsp3) is 0.526. The molecule has 2 saturated carbocycles. The maximum Gasteiger partial charge on any atom is 0.406 e. The Hall–Kier alpha value is -2.26. The Morgan fingerprint density at radius 2 is 1.93 bits per heavy atom. The average molecular weight is 394 g/mol. The number of pyridine rings is 2. The Kier molecular flexibility index (Phi) is 4.96. The first kappa shape index (κ1) is 19.1. The molecule has 1 unspecified atom stereocenters. The van der Waals surface area contributed by atoms with E-state index in [1.807, 2.05) is 6.07 Å². The molecule has 9 heteroatoms. The lowest BCUT2D eigenvalue weighted by atomic mass is 9.86. The van der Waals surface area contributed by atoms with Crippen LogP contribution in [0.25, 0.3) is 10.9 Å². The number of halogens is 3. The summed E-state index contributed by atoms with van der Waals surface area (Å²) in [6.07, 6.45) is 1.80. The number of aliphatic hydroxyl groups is 1. The highest BCUT2D eigenvalue weighted by molar-refractivity contribution is 5.97. The number of fused-ring (bicyclic) bond motifs is 1. The second-order valence-electron chi connectivity index (χ2n) is 7.58. The van der Waals surface area contributed by atoms with Crippen LogP contribution < -0.4 is 10.6 Å². The third-order valence-corrected chi connectivity index (χ3v) is 5.33. The molecule has 2 aliphatic carbocycles. The molecule has 2 fully saturated rings. The van der Waals surface area contributed by atoms with Gasteiger partial charge >= 0.3 is 6.18 Å². The van der Waals surface area contributed by atoms with Gasteiger partial charge in [-0.15, -0.1) is 0 Å². The minimum atomic E-state index is -4.49. The molecule has 2 aliphatic rings. The second kappa shape index (κ2) is 7.29. The summed E-state index contributed by atoms with van der Waals surface area (Å²) in [5, 5.41) is 14.8. The zero-order valence-electron chi connectivity index (χ0n) is 15.0. The van der Waals surface area contributed by atoms with E-state index in [9.17, 15) is 18.0 Å². The van der Waals surface area contributed by atoms with Crippen molar-refractivity contribution in [3.05, 3.63) is 35.8 Å². The molecule has 28 heavy (non-hydrogen) atoms. The van der Waals surface area contributed by atoms with Gasteiger partial charge in [-0.2, -0.15) is 13.2 Å². The van der Waals surface area contributed by atoms with Crippen LogP contribution in [0.1, 0.15) is 47.7 Å². The van der Waals surface area contributed by atoms with Crippen molar-refractivity contribution in [2.45, 2.75) is 55.9 Å². The van der Waals surface area contributed by atoms with Crippen molar-refractivity contribution in [3.8, 4) is 0 Å². The smallest absolute Gasteiger partial charge is 0.394 e. The number of nitrogens with one attached hydrogen (secondary N) is 2. The van der Waals surface area contributed by atoms with Gasteiger partial charge in [0.2, 0.25) is 0 Å². The number of carbonyl (C=O) groups is 1. The topological polar surface area (TPSA) is 87.1 Å². The van der Waals surface area contributed by atoms with Crippen LogP contribution in [0, 0.1) is 0 Å². The second-order valence-corrected chi connectivity index (χ2v) is 7.58. The highest BCUT2D eigenvalue weighted by Crippen LogP contribution is 2.39. The van der Waals surface area contributed by atoms with Crippen molar-refractivity contribution in [1.82, 2.24) is 20.6 Å². The van der Waals surface area contributed by atoms with Gasteiger partial charge in [0.25, 0.3) is 5.91 Å². The number of amides is 1. The van der Waals surface area contributed by atoms with Crippen LogP contribution in [-0.4, -0.2) is 51.9 Å². The molecule has 2 aromatic heterocycles. The first-order chi connectivity index (χ1) is 13.3. The highest BCUT2D eigenvalue weighted by atomic mass is 19.4. The van der Waals surface area contributed by atoms with Crippen molar-refractivity contribution < 1.29 is 23.1 Å². The average Bonchev–Trinajstić information content (AvgIpc) is 3.46. The molecule has 4 rings (SSSR count). The Morgan fingerprint density at radius 3 is 2.57 bits per heavy atom. The minimum Gasteiger partial charge on any atom is -0.394 e. The van der Waals surface area contributed by atoms with E-state index < -0.39 is 18.8 Å². The maximum absolute atomic E-state index is 12.7. The van der Waals surface area contributed by atoms with Crippen LogP contribution in [0.2, 0.25) is 0 Å². The molecule has 0 saturated heterocycles. The predicted molar refractivity (Wildman–Crippen MR) is 95.9 cm³/mol. The highest BCUT2D eigenvalue weighted by Gasteiger charge is 2.42. The summed E-state index contributed by atoms with van der Waals surface area (Å²) in [7, 11) is 0. The number of hydrogen-bond donors (Lipinski definition) is 3. The van der Waals surface area contributed by atoms with Crippen molar-refractivity contribution in [1.29, 1.82) is 0 Å². The Balaban J connectivity index is 1.32. The molecule has 6 nitrogen and oxygen atoms in total. The van der Waals surface area contributed by atoms with E-state index in [1.54, 1.807) is 12.3 Å². The summed E-state index contributed by atoms with van der Waals surface area (Å²) in [4.78, 5) is 21.2. The summed E-state index contributed by atoms with van der Waals surface area (Å²) < 4.78 is 38.0. The van der Waals surface area contributed by atoms with Crippen LogP contribution in [0.15, 0.2) is 24.5 Å². The Bertz CT molecular complexity index is 879. The van der Waals surface area contributed by atoms with Crippen molar-refractivity contribution in [2.75, 3.05) is 6.61 Å². The molecule has 1 amide bonds. The quantitative estimate of drug-likeness (QED) is 0.700. The van der Waals surface area contributed by atoms with Crippen molar-refractivity contribution in [2.24, 2.45) is 0 Å². The molecule has 3 N–H and O–H groups in total. The zero-order valence-corrected chi connectivity index (χ0v) is 15.0. The molecular formula is C19H21F3N4O2. The van der Waals surface area contributed by atoms with E-state index in [1.165, 1.54) is 6.20 Å². The number of aromatic nitrogens is 2. The van der Waals surface area contributed by atoms with Crippen LogP contribution in [0.3, 0.4) is 0 Å². The number of alkyl halides is 3. The minimum absolute atomic E-state index is 0.205. The molecule has 0 aromatic carbocycles. The third kappa shape index (κ3) is 4.10. The molecule has 0 spiro atoms. The molecule has 2 aromatic rings. The lowest BCUT2D eigenvalue weighted by Gasteiger charge is -2.38. The molecule has 0 aliphatic heterocycles. The Labute approximate surface area is 159 Å². The van der Waals surface area contributed by atoms with E-state index >= 15 is 0 Å². The fourth-order valence-electron chi connectivity index (χ4n) is 3.44. The summed E-state index contributed by atoms with van der Waals surface area (Å²) in [5.41, 5.74) is 2.22. The largest absolute Gasteiger partial charge is 0.406 e. The van der Waals surface area contributed by atoms with E-state index in [0.717, 1.165) is 29.4 Å². The monoisotopic (exact) mass is 394 g/mol. The van der Waals surface area contributed by atoms with Crippen LogP contribution in [0.5, 0.6) is 0 Å². The molecule has 150 valence electrons. The van der Waals surface area contributed by atoms with E-state index in [-0.39, 0.29) is 18.0 Å². The molecular weight excluding hydrogens is 373 g/mol.